The summed E-state index contributed by atoms with van der Waals surface area (Å²) < 4.78 is 10.5. The lowest BCUT2D eigenvalue weighted by molar-refractivity contribution is -0.131. The summed E-state index contributed by atoms with van der Waals surface area (Å²) in [6, 6.07) is 16.0. The zero-order valence-corrected chi connectivity index (χ0v) is 31.4. The maximum atomic E-state index is 12.7. The van der Waals surface area contributed by atoms with E-state index in [0.29, 0.717) is 33.9 Å². The Labute approximate surface area is 307 Å². The summed E-state index contributed by atoms with van der Waals surface area (Å²) in [6.07, 6.45) is 0.179. The third-order valence-corrected chi connectivity index (χ3v) is 8.73. The van der Waals surface area contributed by atoms with Crippen LogP contribution in [0.5, 0.6) is 0 Å². The van der Waals surface area contributed by atoms with Crippen LogP contribution in [-0.4, -0.2) is 94.1 Å². The molecule has 0 aliphatic carbocycles. The van der Waals surface area contributed by atoms with E-state index in [-0.39, 0.29) is 38.0 Å². The number of nitrogens with zero attached hydrogens (tertiary/aromatic N) is 4. The standard InChI is InChI=1S/C34H40Br2N8O6/c1-5-15-43(27(45)17-37-33(47)49-3)19-25-39-29(31(35)41-25)23-11-7-21(8-12-23)22-9-13-24(14-10-22)30-32(36)42-26(40-30)20-44(16-6-2)28(46)18-38-34(48)50-4/h7-14H,5-6,15-20H2,1-4H3,(H,37,47)(H,38,48)(H,39,41)(H,40,42). The number of methoxy groups -OCH3 is 2. The fraction of sp³-hybridized carbons (Fsp3) is 0.353. The molecule has 4 N–H and O–H groups in total. The highest BCUT2D eigenvalue weighted by atomic mass is 79.9. The summed E-state index contributed by atoms with van der Waals surface area (Å²) in [5.74, 6) is 0.746. The van der Waals surface area contributed by atoms with Gasteiger partial charge in [0.25, 0.3) is 0 Å². The average Bonchev–Trinajstić information content (AvgIpc) is 3.69. The zero-order chi connectivity index (χ0) is 36.2. The molecule has 0 radical (unpaired) electrons. The Balaban J connectivity index is 1.42. The molecule has 2 aromatic heterocycles. The van der Waals surface area contributed by atoms with Gasteiger partial charge in [-0.1, -0.05) is 62.4 Å². The molecule has 0 fully saturated rings. The van der Waals surface area contributed by atoms with Crippen LogP contribution in [0.3, 0.4) is 0 Å². The number of H-pyrrole nitrogens is 2. The van der Waals surface area contributed by atoms with E-state index < -0.39 is 12.2 Å². The van der Waals surface area contributed by atoms with Crippen molar-refractivity contribution in [3.63, 3.8) is 0 Å². The minimum Gasteiger partial charge on any atom is -0.453 e. The van der Waals surface area contributed by atoms with Crippen LogP contribution in [0, 0.1) is 0 Å². The van der Waals surface area contributed by atoms with Gasteiger partial charge in [-0.2, -0.15) is 0 Å². The summed E-state index contributed by atoms with van der Waals surface area (Å²) in [5, 5.41) is 4.86. The largest absolute Gasteiger partial charge is 0.453 e. The highest BCUT2D eigenvalue weighted by molar-refractivity contribution is 9.10. The third kappa shape index (κ3) is 10.2. The quantitative estimate of drug-likeness (QED) is 0.116. The van der Waals surface area contributed by atoms with Gasteiger partial charge in [-0.25, -0.2) is 19.6 Å². The lowest BCUT2D eigenvalue weighted by Gasteiger charge is -2.21. The molecule has 0 saturated carbocycles. The van der Waals surface area contributed by atoms with Crippen molar-refractivity contribution in [3.05, 3.63) is 69.4 Å². The summed E-state index contributed by atoms with van der Waals surface area (Å²) in [4.78, 5) is 67.4. The highest BCUT2D eigenvalue weighted by Crippen LogP contribution is 2.31. The molecule has 0 atom stereocenters. The number of halogens is 2. The Bertz CT molecular complexity index is 1650. The van der Waals surface area contributed by atoms with Gasteiger partial charge in [0.2, 0.25) is 11.8 Å². The normalized spacial score (nSPS) is 10.8. The molecule has 2 heterocycles. The summed E-state index contributed by atoms with van der Waals surface area (Å²) in [7, 11) is 2.50. The topological polar surface area (TPSA) is 175 Å². The number of carbonyl (C=O) groups excluding carboxylic acids is 4. The van der Waals surface area contributed by atoms with Gasteiger partial charge in [-0.3, -0.25) is 9.59 Å². The fourth-order valence-corrected chi connectivity index (χ4v) is 6.21. The number of alkyl carbamates (subject to hydrolysis) is 2. The second-order valence-corrected chi connectivity index (χ2v) is 12.8. The van der Waals surface area contributed by atoms with Gasteiger partial charge in [0.15, 0.2) is 0 Å². The molecule has 4 amide bonds. The van der Waals surface area contributed by atoms with Crippen molar-refractivity contribution in [3.8, 4) is 33.6 Å². The molecule has 2 aromatic carbocycles. The molecule has 14 nitrogen and oxygen atoms in total. The maximum absolute atomic E-state index is 12.7. The number of nitrogens with one attached hydrogen (secondary N) is 4. The number of imidazole rings is 2. The Morgan fingerprint density at radius 1 is 0.640 bits per heavy atom. The van der Waals surface area contributed by atoms with E-state index in [1.54, 1.807) is 9.80 Å². The van der Waals surface area contributed by atoms with Crippen LogP contribution in [0.4, 0.5) is 9.59 Å². The molecule has 4 rings (SSSR count). The van der Waals surface area contributed by atoms with Gasteiger partial charge in [-0.05, 0) is 55.8 Å². The number of aromatic amines is 2. The van der Waals surface area contributed by atoms with Crippen LogP contribution in [0.25, 0.3) is 33.6 Å². The first-order chi connectivity index (χ1) is 24.1. The van der Waals surface area contributed by atoms with Crippen molar-refractivity contribution in [2.45, 2.75) is 39.8 Å². The van der Waals surface area contributed by atoms with Crippen LogP contribution in [0.1, 0.15) is 38.3 Å². The lowest BCUT2D eigenvalue weighted by Crippen LogP contribution is -2.40. The zero-order valence-electron chi connectivity index (χ0n) is 28.3. The number of amides is 4. The second-order valence-electron chi connectivity index (χ2n) is 11.2. The number of carbonyl (C=O) groups is 4. The van der Waals surface area contributed by atoms with E-state index in [0.717, 1.165) is 46.5 Å². The highest BCUT2D eigenvalue weighted by Gasteiger charge is 2.20. The Morgan fingerprint density at radius 2 is 0.980 bits per heavy atom. The molecule has 0 saturated heterocycles. The molecular formula is C34H40Br2N8O6. The Morgan fingerprint density at radius 3 is 1.30 bits per heavy atom. The molecule has 0 aliphatic heterocycles. The van der Waals surface area contributed by atoms with Gasteiger partial charge in [-0.15, -0.1) is 0 Å². The minimum atomic E-state index is -0.661. The van der Waals surface area contributed by atoms with Crippen molar-refractivity contribution in [2.75, 3.05) is 40.4 Å². The number of ether oxygens (including phenoxy) is 2. The number of aromatic nitrogens is 4. The van der Waals surface area contributed by atoms with Crippen molar-refractivity contribution in [1.82, 2.24) is 40.4 Å². The van der Waals surface area contributed by atoms with Gasteiger partial charge >= 0.3 is 12.2 Å². The van der Waals surface area contributed by atoms with Crippen molar-refractivity contribution in [1.29, 1.82) is 0 Å². The average molecular weight is 817 g/mol. The summed E-state index contributed by atoms with van der Waals surface area (Å²) >= 11 is 7.15. The Kier molecular flexibility index (Phi) is 14.0. The number of hydrogen-bond donors (Lipinski definition) is 4. The van der Waals surface area contributed by atoms with Crippen LogP contribution >= 0.6 is 31.9 Å². The van der Waals surface area contributed by atoms with Gasteiger partial charge in [0, 0.05) is 24.2 Å². The molecule has 0 spiro atoms. The van der Waals surface area contributed by atoms with Gasteiger partial charge in [0.05, 0.1) is 27.3 Å². The molecule has 16 heteroatoms. The van der Waals surface area contributed by atoms with Crippen molar-refractivity contribution in [2.24, 2.45) is 0 Å². The number of hydrogen-bond acceptors (Lipinski definition) is 8. The van der Waals surface area contributed by atoms with Crippen LogP contribution in [0.2, 0.25) is 0 Å². The Hall–Kier alpha value is -4.70. The third-order valence-electron chi connectivity index (χ3n) is 7.58. The first-order valence-corrected chi connectivity index (χ1v) is 17.5. The van der Waals surface area contributed by atoms with Gasteiger partial charge < -0.3 is 39.9 Å². The minimum absolute atomic E-state index is 0.164. The van der Waals surface area contributed by atoms with E-state index in [1.165, 1.54) is 14.2 Å². The van der Waals surface area contributed by atoms with Gasteiger partial charge in [0.1, 0.15) is 45.3 Å². The molecular weight excluding hydrogens is 776 g/mol. The predicted molar refractivity (Wildman–Crippen MR) is 195 cm³/mol. The molecule has 0 unspecified atom stereocenters. The van der Waals surface area contributed by atoms with Crippen LogP contribution in [0.15, 0.2) is 57.7 Å². The molecule has 266 valence electrons. The second kappa shape index (κ2) is 18.3. The van der Waals surface area contributed by atoms with E-state index in [4.69, 9.17) is 9.97 Å². The maximum Gasteiger partial charge on any atom is 0.407 e. The summed E-state index contributed by atoms with van der Waals surface area (Å²) in [5.41, 5.74) is 5.26. The molecule has 4 aromatic rings. The summed E-state index contributed by atoms with van der Waals surface area (Å²) in [6.45, 7) is 5.16. The van der Waals surface area contributed by atoms with E-state index in [1.807, 2.05) is 62.4 Å². The van der Waals surface area contributed by atoms with E-state index in [9.17, 15) is 19.2 Å². The predicted octanol–water partition coefficient (Wildman–Crippen LogP) is 5.85. The molecule has 0 bridgehead atoms. The monoisotopic (exact) mass is 814 g/mol. The van der Waals surface area contributed by atoms with Crippen molar-refractivity contribution < 1.29 is 28.7 Å². The van der Waals surface area contributed by atoms with Crippen LogP contribution < -0.4 is 10.6 Å². The lowest BCUT2D eigenvalue weighted by atomic mass is 10.0. The smallest absolute Gasteiger partial charge is 0.407 e. The first kappa shape index (κ1) is 38.1. The fourth-order valence-electron chi connectivity index (χ4n) is 5.12. The molecule has 0 aliphatic rings. The van der Waals surface area contributed by atoms with E-state index >= 15 is 0 Å². The molecule has 50 heavy (non-hydrogen) atoms. The first-order valence-electron chi connectivity index (χ1n) is 16.0. The van der Waals surface area contributed by atoms with Crippen LogP contribution in [-0.2, 0) is 32.2 Å². The number of rotatable bonds is 15. The van der Waals surface area contributed by atoms with E-state index in [2.05, 4.69) is 61.9 Å². The van der Waals surface area contributed by atoms with Crippen molar-refractivity contribution >= 4 is 55.9 Å². The number of benzene rings is 2. The SMILES string of the molecule is CCCN(Cc1nc(-c2ccc(-c3ccc(-c4nc(CN(CCC)C(=O)CNC(=O)OC)[nH]c4Br)cc3)cc2)c(Br)[nH]1)C(=O)CNC(=O)OC.